The fraction of sp³-hybridized carbons (Fsp3) is 0.323. The SMILES string of the molecule is CCOC1OC(=O)CC1NC(=O)CN1CC(CNc2ccccc2)=CCC(NC(=O)c2nccc3ccccc23)C1=O. The van der Waals surface area contributed by atoms with E-state index in [1.54, 1.807) is 13.1 Å². The molecule has 11 heteroatoms. The molecule has 2 aliphatic rings. The van der Waals surface area contributed by atoms with E-state index in [4.69, 9.17) is 9.47 Å². The molecular formula is C31H33N5O6. The van der Waals surface area contributed by atoms with E-state index in [1.807, 2.05) is 66.7 Å². The molecule has 218 valence electrons. The van der Waals surface area contributed by atoms with E-state index in [0.29, 0.717) is 18.5 Å². The number of benzene rings is 2. The van der Waals surface area contributed by atoms with Crippen molar-refractivity contribution in [2.75, 3.05) is 31.6 Å². The fourth-order valence-corrected chi connectivity index (χ4v) is 5.07. The Hall–Kier alpha value is -4.77. The first-order valence-electron chi connectivity index (χ1n) is 13.9. The number of hydrogen-bond acceptors (Lipinski definition) is 8. The molecule has 0 radical (unpaired) electrons. The topological polar surface area (TPSA) is 139 Å². The van der Waals surface area contributed by atoms with Crippen molar-refractivity contribution in [2.24, 2.45) is 0 Å². The molecule has 0 aliphatic carbocycles. The average Bonchev–Trinajstić information content (AvgIpc) is 3.27. The summed E-state index contributed by atoms with van der Waals surface area (Å²) in [5.41, 5.74) is 2.02. The first-order chi connectivity index (χ1) is 20.4. The van der Waals surface area contributed by atoms with Crippen LogP contribution in [0.3, 0.4) is 0 Å². The van der Waals surface area contributed by atoms with Crippen molar-refractivity contribution in [3.05, 3.63) is 84.2 Å². The Labute approximate surface area is 243 Å². The van der Waals surface area contributed by atoms with E-state index >= 15 is 0 Å². The van der Waals surface area contributed by atoms with Gasteiger partial charge in [-0.1, -0.05) is 48.5 Å². The predicted molar refractivity (Wildman–Crippen MR) is 155 cm³/mol. The number of anilines is 1. The number of nitrogens with zero attached hydrogens (tertiary/aromatic N) is 2. The first-order valence-corrected chi connectivity index (χ1v) is 13.9. The molecule has 3 amide bonds. The van der Waals surface area contributed by atoms with Gasteiger partial charge in [-0.05, 0) is 42.5 Å². The van der Waals surface area contributed by atoms with Gasteiger partial charge < -0.3 is 30.3 Å². The number of para-hydroxylation sites is 1. The van der Waals surface area contributed by atoms with Crippen molar-refractivity contribution in [1.82, 2.24) is 20.5 Å². The van der Waals surface area contributed by atoms with Gasteiger partial charge in [-0.15, -0.1) is 0 Å². The highest BCUT2D eigenvalue weighted by molar-refractivity contribution is 6.06. The average molecular weight is 572 g/mol. The Morgan fingerprint density at radius 1 is 1.05 bits per heavy atom. The third kappa shape index (κ3) is 6.92. The summed E-state index contributed by atoms with van der Waals surface area (Å²) < 4.78 is 10.6. The van der Waals surface area contributed by atoms with Crippen molar-refractivity contribution >= 4 is 40.2 Å². The van der Waals surface area contributed by atoms with E-state index < -0.39 is 42.1 Å². The van der Waals surface area contributed by atoms with Crippen LogP contribution in [0.25, 0.3) is 10.8 Å². The third-order valence-corrected chi connectivity index (χ3v) is 7.11. The highest BCUT2D eigenvalue weighted by Gasteiger charge is 2.37. The zero-order chi connectivity index (χ0) is 29.5. The van der Waals surface area contributed by atoms with Crippen molar-refractivity contribution in [3.8, 4) is 0 Å². The number of esters is 1. The molecule has 1 aromatic heterocycles. The Balaban J connectivity index is 1.33. The molecule has 42 heavy (non-hydrogen) atoms. The largest absolute Gasteiger partial charge is 0.433 e. The lowest BCUT2D eigenvalue weighted by Gasteiger charge is -2.26. The number of nitrogens with one attached hydrogen (secondary N) is 3. The molecule has 2 aliphatic heterocycles. The minimum Gasteiger partial charge on any atom is -0.433 e. The van der Waals surface area contributed by atoms with Crippen LogP contribution in [0, 0.1) is 0 Å². The number of aromatic nitrogens is 1. The molecule has 0 saturated carbocycles. The molecule has 5 rings (SSSR count). The molecule has 3 N–H and O–H groups in total. The molecule has 0 bridgehead atoms. The number of rotatable bonds is 10. The molecule has 1 fully saturated rings. The maximum Gasteiger partial charge on any atom is 0.310 e. The van der Waals surface area contributed by atoms with Crippen molar-refractivity contribution in [3.63, 3.8) is 0 Å². The number of hydrogen-bond donors (Lipinski definition) is 3. The second kappa shape index (κ2) is 13.3. The van der Waals surface area contributed by atoms with Gasteiger partial charge in [0.25, 0.3) is 5.91 Å². The minimum absolute atomic E-state index is 0.0206. The summed E-state index contributed by atoms with van der Waals surface area (Å²) in [6.07, 6.45) is 2.83. The third-order valence-electron chi connectivity index (χ3n) is 7.11. The van der Waals surface area contributed by atoms with Gasteiger partial charge in [0, 0.05) is 37.0 Å². The van der Waals surface area contributed by atoms with E-state index in [2.05, 4.69) is 20.9 Å². The maximum absolute atomic E-state index is 13.7. The van der Waals surface area contributed by atoms with E-state index in [9.17, 15) is 19.2 Å². The van der Waals surface area contributed by atoms with Crippen LogP contribution in [0.2, 0.25) is 0 Å². The standard InChI is InChI=1S/C31H33N5O6/c1-2-41-31-25(16-27(38)42-31)34-26(37)19-36-18-20(17-33-22-9-4-3-5-10-22)12-13-24(30(36)40)35-29(39)28-23-11-7-6-8-21(23)14-15-32-28/h3-12,14-15,24-25,31,33H,2,13,16-19H2,1H3,(H,34,37)(H,35,39). The van der Waals surface area contributed by atoms with Gasteiger partial charge in [-0.25, -0.2) is 0 Å². The van der Waals surface area contributed by atoms with Gasteiger partial charge in [0.15, 0.2) is 0 Å². The summed E-state index contributed by atoms with van der Waals surface area (Å²) >= 11 is 0. The van der Waals surface area contributed by atoms with Gasteiger partial charge in [0.2, 0.25) is 18.1 Å². The summed E-state index contributed by atoms with van der Waals surface area (Å²) in [6, 6.07) is 17.3. The number of fused-ring (bicyclic) bond motifs is 1. The Bertz CT molecular complexity index is 1490. The minimum atomic E-state index is -0.909. The summed E-state index contributed by atoms with van der Waals surface area (Å²) in [7, 11) is 0. The molecule has 11 nitrogen and oxygen atoms in total. The molecule has 0 spiro atoms. The summed E-state index contributed by atoms with van der Waals surface area (Å²) in [5, 5.41) is 10.5. The van der Waals surface area contributed by atoms with Gasteiger partial charge >= 0.3 is 5.97 Å². The Kier molecular flexibility index (Phi) is 9.08. The molecule has 3 heterocycles. The number of carbonyl (C=O) groups is 4. The number of cyclic esters (lactones) is 1. The second-order valence-corrected chi connectivity index (χ2v) is 10.1. The van der Waals surface area contributed by atoms with E-state index in [0.717, 1.165) is 16.6 Å². The van der Waals surface area contributed by atoms with Crippen LogP contribution >= 0.6 is 0 Å². The van der Waals surface area contributed by atoms with Crippen LogP contribution in [-0.4, -0.2) is 78.2 Å². The number of ether oxygens (including phenoxy) is 2. The lowest BCUT2D eigenvalue weighted by Crippen LogP contribution is -2.52. The van der Waals surface area contributed by atoms with Gasteiger partial charge in [0.05, 0.1) is 13.0 Å². The molecular weight excluding hydrogens is 538 g/mol. The summed E-state index contributed by atoms with van der Waals surface area (Å²) in [5.74, 6) is -1.80. The second-order valence-electron chi connectivity index (χ2n) is 10.1. The molecule has 3 unspecified atom stereocenters. The van der Waals surface area contributed by atoms with Crippen LogP contribution in [0.4, 0.5) is 5.69 Å². The highest BCUT2D eigenvalue weighted by atomic mass is 16.7. The zero-order valence-electron chi connectivity index (χ0n) is 23.2. The highest BCUT2D eigenvalue weighted by Crippen LogP contribution is 2.19. The van der Waals surface area contributed by atoms with Crippen molar-refractivity contribution in [1.29, 1.82) is 0 Å². The number of pyridine rings is 1. The van der Waals surface area contributed by atoms with Crippen LogP contribution in [-0.2, 0) is 23.9 Å². The number of carbonyl (C=O) groups excluding carboxylic acids is 4. The van der Waals surface area contributed by atoms with Crippen molar-refractivity contribution in [2.45, 2.75) is 38.1 Å². The van der Waals surface area contributed by atoms with Gasteiger partial charge in [-0.2, -0.15) is 0 Å². The molecule has 2 aromatic carbocycles. The van der Waals surface area contributed by atoms with Gasteiger partial charge in [0.1, 0.15) is 17.8 Å². The lowest BCUT2D eigenvalue weighted by molar-refractivity contribution is -0.164. The fourth-order valence-electron chi connectivity index (χ4n) is 5.07. The number of amides is 3. The van der Waals surface area contributed by atoms with Crippen LogP contribution in [0.1, 0.15) is 30.3 Å². The van der Waals surface area contributed by atoms with E-state index in [-0.39, 0.29) is 31.6 Å². The maximum atomic E-state index is 13.7. The molecule has 1 saturated heterocycles. The monoisotopic (exact) mass is 571 g/mol. The Morgan fingerprint density at radius 2 is 1.83 bits per heavy atom. The van der Waals surface area contributed by atoms with Crippen molar-refractivity contribution < 1.29 is 28.7 Å². The van der Waals surface area contributed by atoms with Crippen LogP contribution in [0.15, 0.2) is 78.5 Å². The molecule has 3 aromatic rings. The van der Waals surface area contributed by atoms with Crippen LogP contribution in [0.5, 0.6) is 0 Å². The predicted octanol–water partition coefficient (Wildman–Crippen LogP) is 2.40. The molecule has 3 atom stereocenters. The van der Waals surface area contributed by atoms with Gasteiger partial charge in [-0.3, -0.25) is 24.2 Å². The first kappa shape index (κ1) is 28.7. The summed E-state index contributed by atoms with van der Waals surface area (Å²) in [4.78, 5) is 57.7. The summed E-state index contributed by atoms with van der Waals surface area (Å²) in [6.45, 7) is 2.42. The van der Waals surface area contributed by atoms with Crippen LogP contribution < -0.4 is 16.0 Å². The normalized spacial score (nSPS) is 20.5. The smallest absolute Gasteiger partial charge is 0.310 e. The van der Waals surface area contributed by atoms with E-state index in [1.165, 1.54) is 4.90 Å². The zero-order valence-corrected chi connectivity index (χ0v) is 23.2. The quantitative estimate of drug-likeness (QED) is 0.249. The Morgan fingerprint density at radius 3 is 2.64 bits per heavy atom. The lowest BCUT2D eigenvalue weighted by atomic mass is 10.1.